The quantitative estimate of drug-likeness (QED) is 0.241. The number of para-hydroxylation sites is 1. The van der Waals surface area contributed by atoms with Crippen molar-refractivity contribution in [3.05, 3.63) is 109 Å². The third kappa shape index (κ3) is 3.30. The average molecular weight is 458 g/mol. The third-order valence-electron chi connectivity index (χ3n) is 7.53. The molecule has 0 aliphatic heterocycles. The highest BCUT2D eigenvalue weighted by Crippen LogP contribution is 2.50. The molecule has 1 aromatic heterocycles. The molecular formula is C34H28O. The van der Waals surface area contributed by atoms with Gasteiger partial charge >= 0.3 is 0 Å². The fourth-order valence-electron chi connectivity index (χ4n) is 6.02. The van der Waals surface area contributed by atoms with Gasteiger partial charge in [-0.3, -0.25) is 0 Å². The molecule has 1 saturated carbocycles. The second kappa shape index (κ2) is 8.43. The van der Waals surface area contributed by atoms with Crippen LogP contribution in [0.5, 0.6) is 0 Å². The monoisotopic (exact) mass is 457 g/mol. The number of rotatable bonds is 3. The summed E-state index contributed by atoms with van der Waals surface area (Å²) in [4.78, 5) is 0. The minimum Gasteiger partial charge on any atom is -0.460 e. The predicted octanol–water partition coefficient (Wildman–Crippen LogP) is 10.1. The summed E-state index contributed by atoms with van der Waals surface area (Å²) in [6.45, 7) is 0. The van der Waals surface area contributed by atoms with Crippen molar-refractivity contribution in [3.63, 3.8) is 0 Å². The van der Waals surface area contributed by atoms with Crippen molar-refractivity contribution in [2.45, 2.75) is 38.0 Å². The number of fused-ring (bicyclic) bond motifs is 3. The predicted molar refractivity (Wildman–Crippen MR) is 148 cm³/mol. The molecule has 0 unspecified atom stereocenters. The zero-order valence-electron chi connectivity index (χ0n) is 24.4. The Hall–Kier alpha value is -3.84. The van der Waals surface area contributed by atoms with Gasteiger partial charge in [0, 0.05) is 22.4 Å². The first-order valence-corrected chi connectivity index (χ1v) is 12.5. The number of hydrogen-bond donors (Lipinski definition) is 0. The van der Waals surface area contributed by atoms with Gasteiger partial charge in [-0.05, 0) is 51.6 Å². The smallest absolute Gasteiger partial charge is 0.134 e. The molecule has 1 aliphatic carbocycles. The van der Waals surface area contributed by atoms with Gasteiger partial charge in [-0.25, -0.2) is 0 Å². The number of benzene rings is 5. The summed E-state index contributed by atoms with van der Waals surface area (Å²) in [5, 5.41) is 4.75. The highest BCUT2D eigenvalue weighted by atomic mass is 16.3. The Morgan fingerprint density at radius 2 is 1.11 bits per heavy atom. The van der Waals surface area contributed by atoms with E-state index < -0.39 is 0 Å². The van der Waals surface area contributed by atoms with Crippen molar-refractivity contribution in [1.82, 2.24) is 0 Å². The first kappa shape index (κ1) is 15.9. The summed E-state index contributed by atoms with van der Waals surface area (Å²) in [5.74, 6) is 1.38. The first-order valence-electron chi connectivity index (χ1n) is 15.0. The summed E-state index contributed by atoms with van der Waals surface area (Å²) >= 11 is 0. The second-order valence-electron chi connectivity index (χ2n) is 9.51. The van der Waals surface area contributed by atoms with E-state index >= 15 is 0 Å². The molecule has 0 bridgehead atoms. The Balaban J connectivity index is 1.66. The van der Waals surface area contributed by atoms with Crippen LogP contribution in [0.3, 0.4) is 0 Å². The molecule has 35 heavy (non-hydrogen) atoms. The molecule has 5 aromatic carbocycles. The molecule has 1 fully saturated rings. The van der Waals surface area contributed by atoms with Crippen molar-refractivity contribution in [2.75, 3.05) is 0 Å². The topological polar surface area (TPSA) is 13.1 Å². The van der Waals surface area contributed by atoms with E-state index in [0.29, 0.717) is 11.5 Å². The summed E-state index contributed by atoms with van der Waals surface area (Å²) in [7, 11) is 0. The summed E-state index contributed by atoms with van der Waals surface area (Å²) < 4.78 is 49.1. The fourth-order valence-corrected chi connectivity index (χ4v) is 6.02. The standard InChI is InChI=1S/C34H28O/c1-3-13-23(14-4-1)31-25-17-7-9-19-27(25)32(28-20-10-8-18-26(28)31)33-29-21-11-12-22-30(29)35-34(33)24-15-5-2-6-16-24/h1,3-4,7-14,17-22,24H,2,5-6,15-16H2/i1D,3D,4D,13D,14D. The van der Waals surface area contributed by atoms with Crippen LogP contribution in [-0.4, -0.2) is 0 Å². The maximum atomic E-state index is 8.80. The van der Waals surface area contributed by atoms with Crippen molar-refractivity contribution in [2.24, 2.45) is 0 Å². The van der Waals surface area contributed by atoms with Crippen LogP contribution >= 0.6 is 0 Å². The molecule has 1 heterocycles. The van der Waals surface area contributed by atoms with Gasteiger partial charge in [-0.15, -0.1) is 0 Å². The minimum atomic E-state index is -0.383. The number of hydrogen-bond acceptors (Lipinski definition) is 1. The van der Waals surface area contributed by atoms with Gasteiger partial charge in [0.15, 0.2) is 0 Å². The zero-order chi connectivity index (χ0) is 27.5. The lowest BCUT2D eigenvalue weighted by Gasteiger charge is -2.22. The lowest BCUT2D eigenvalue weighted by Crippen LogP contribution is -2.05. The van der Waals surface area contributed by atoms with Crippen LogP contribution in [0.25, 0.3) is 54.8 Å². The van der Waals surface area contributed by atoms with E-state index in [9.17, 15) is 0 Å². The summed E-state index contributed by atoms with van der Waals surface area (Å²) in [5.41, 5.74) is 3.96. The molecule has 170 valence electrons. The van der Waals surface area contributed by atoms with Crippen LogP contribution in [-0.2, 0) is 0 Å². The Kier molecular flexibility index (Phi) is 3.84. The van der Waals surface area contributed by atoms with E-state index in [1.165, 1.54) is 19.3 Å². The fraction of sp³-hybridized carbons (Fsp3) is 0.176. The molecule has 0 N–H and O–H groups in total. The molecule has 0 radical (unpaired) electrons. The second-order valence-corrected chi connectivity index (χ2v) is 9.51. The maximum Gasteiger partial charge on any atom is 0.134 e. The first-order chi connectivity index (χ1) is 19.5. The summed E-state index contributed by atoms with van der Waals surface area (Å²) in [6.07, 6.45) is 5.84. The van der Waals surface area contributed by atoms with Crippen LogP contribution in [0, 0.1) is 0 Å². The van der Waals surface area contributed by atoms with Gasteiger partial charge in [-0.2, -0.15) is 0 Å². The average Bonchev–Trinajstić information content (AvgIpc) is 3.38. The Morgan fingerprint density at radius 3 is 1.74 bits per heavy atom. The normalized spacial score (nSPS) is 16.7. The van der Waals surface area contributed by atoms with Gasteiger partial charge < -0.3 is 4.42 Å². The largest absolute Gasteiger partial charge is 0.460 e. The van der Waals surface area contributed by atoms with Crippen molar-refractivity contribution in [1.29, 1.82) is 0 Å². The van der Waals surface area contributed by atoms with E-state index in [-0.39, 0.29) is 35.8 Å². The van der Waals surface area contributed by atoms with Crippen LogP contribution in [0.1, 0.15) is 50.6 Å². The maximum absolute atomic E-state index is 8.80. The molecule has 0 spiro atoms. The van der Waals surface area contributed by atoms with Crippen LogP contribution in [0.4, 0.5) is 0 Å². The van der Waals surface area contributed by atoms with Crippen LogP contribution < -0.4 is 0 Å². The number of furan rings is 1. The van der Waals surface area contributed by atoms with Crippen molar-refractivity contribution in [3.8, 4) is 22.3 Å². The molecule has 0 amide bonds. The molecule has 1 aliphatic rings. The van der Waals surface area contributed by atoms with Crippen LogP contribution in [0.15, 0.2) is 107 Å². The van der Waals surface area contributed by atoms with Gasteiger partial charge in [-0.1, -0.05) is 116 Å². The third-order valence-corrected chi connectivity index (χ3v) is 7.53. The van der Waals surface area contributed by atoms with Crippen molar-refractivity contribution < 1.29 is 11.3 Å². The Labute approximate surface area is 213 Å². The highest BCUT2D eigenvalue weighted by molar-refractivity contribution is 6.23. The van der Waals surface area contributed by atoms with Crippen LogP contribution in [0.2, 0.25) is 0 Å². The molecule has 0 atom stereocenters. The van der Waals surface area contributed by atoms with E-state index in [0.717, 1.165) is 62.2 Å². The van der Waals surface area contributed by atoms with Gasteiger partial charge in [0.2, 0.25) is 0 Å². The molecule has 7 rings (SSSR count). The van der Waals surface area contributed by atoms with Gasteiger partial charge in [0.25, 0.3) is 0 Å². The minimum absolute atomic E-state index is 0.189. The Morgan fingerprint density at radius 1 is 0.571 bits per heavy atom. The van der Waals surface area contributed by atoms with Gasteiger partial charge in [0.1, 0.15) is 11.3 Å². The van der Waals surface area contributed by atoms with E-state index in [2.05, 4.69) is 24.3 Å². The zero-order valence-corrected chi connectivity index (χ0v) is 19.4. The lowest BCUT2D eigenvalue weighted by molar-refractivity contribution is 0.386. The van der Waals surface area contributed by atoms with E-state index in [1.807, 2.05) is 48.5 Å². The lowest BCUT2D eigenvalue weighted by atomic mass is 9.81. The van der Waals surface area contributed by atoms with E-state index in [4.69, 9.17) is 11.3 Å². The summed E-state index contributed by atoms with van der Waals surface area (Å²) in [6, 6.07) is 22.9. The molecular weight excluding hydrogens is 424 g/mol. The van der Waals surface area contributed by atoms with Crippen molar-refractivity contribution >= 4 is 32.5 Å². The SMILES string of the molecule is [2H]c1c([2H])c([2H])c(-c2c3ccccc3c(-c3c(C4CCCCC4)oc4ccccc34)c3ccccc23)c([2H])c1[2H]. The molecule has 1 heteroatoms. The molecule has 0 saturated heterocycles. The Bertz CT molecular complexity index is 1860. The molecule has 6 aromatic rings. The highest BCUT2D eigenvalue weighted by Gasteiger charge is 2.28. The van der Waals surface area contributed by atoms with E-state index in [1.54, 1.807) is 0 Å². The molecule has 1 nitrogen and oxygen atoms in total. The van der Waals surface area contributed by atoms with Gasteiger partial charge in [0.05, 0.1) is 6.85 Å².